The average molecular weight is 459 g/mol. The standard InChI is InChI=1S/C25H31FN2O5/c1-14-13-18(26)9-10-19(14)21(17-7-5-6-8-17)16(3)33-25(31)15(2)28-24(30)22-23(29)20(32-4)11-12-27-22/h9-13,15-17,21,29H,5-8H2,1-4H3,(H,28,30)/t15-,16+,21-/m0/s1. The quantitative estimate of drug-likeness (QED) is 0.574. The summed E-state index contributed by atoms with van der Waals surface area (Å²) >= 11 is 0. The van der Waals surface area contributed by atoms with Crippen molar-refractivity contribution in [1.29, 1.82) is 0 Å². The van der Waals surface area contributed by atoms with E-state index in [4.69, 9.17) is 9.47 Å². The van der Waals surface area contributed by atoms with Crippen molar-refractivity contribution >= 4 is 11.9 Å². The third kappa shape index (κ3) is 5.61. The number of amides is 1. The van der Waals surface area contributed by atoms with Crippen LogP contribution in [0.1, 0.15) is 67.1 Å². The molecule has 0 unspecified atom stereocenters. The number of esters is 1. The highest BCUT2D eigenvalue weighted by Gasteiger charge is 2.34. The Morgan fingerprint density at radius 1 is 1.21 bits per heavy atom. The van der Waals surface area contributed by atoms with Crippen molar-refractivity contribution < 1.29 is 28.6 Å². The molecule has 1 heterocycles. The first-order valence-electron chi connectivity index (χ1n) is 11.2. The maximum atomic E-state index is 13.7. The lowest BCUT2D eigenvalue weighted by atomic mass is 9.79. The minimum Gasteiger partial charge on any atom is -0.503 e. The molecule has 1 aromatic carbocycles. The number of benzene rings is 1. The number of aromatic nitrogens is 1. The molecular weight excluding hydrogens is 427 g/mol. The molecule has 1 fully saturated rings. The van der Waals surface area contributed by atoms with Crippen molar-refractivity contribution in [2.45, 2.75) is 64.5 Å². The molecule has 2 N–H and O–H groups in total. The first kappa shape index (κ1) is 24.5. The molecule has 1 aliphatic carbocycles. The molecule has 8 heteroatoms. The molecule has 0 spiro atoms. The molecule has 0 radical (unpaired) electrons. The second-order valence-electron chi connectivity index (χ2n) is 8.62. The van der Waals surface area contributed by atoms with Crippen molar-refractivity contribution in [1.82, 2.24) is 10.3 Å². The average Bonchev–Trinajstić information content (AvgIpc) is 3.29. The number of halogens is 1. The van der Waals surface area contributed by atoms with Crippen LogP contribution in [0.5, 0.6) is 11.5 Å². The van der Waals surface area contributed by atoms with E-state index in [1.807, 2.05) is 13.8 Å². The number of pyridine rings is 1. The lowest BCUT2D eigenvalue weighted by Gasteiger charge is -2.31. The van der Waals surface area contributed by atoms with Crippen molar-refractivity contribution in [2.24, 2.45) is 5.92 Å². The van der Waals surface area contributed by atoms with E-state index in [9.17, 15) is 19.1 Å². The second-order valence-corrected chi connectivity index (χ2v) is 8.62. The van der Waals surface area contributed by atoms with Gasteiger partial charge in [0.2, 0.25) is 0 Å². The zero-order valence-electron chi connectivity index (χ0n) is 19.4. The first-order chi connectivity index (χ1) is 15.7. The molecule has 3 rings (SSSR count). The molecule has 1 aliphatic rings. The highest BCUT2D eigenvalue weighted by atomic mass is 19.1. The maximum absolute atomic E-state index is 13.7. The smallest absolute Gasteiger partial charge is 0.328 e. The minimum atomic E-state index is -0.967. The first-order valence-corrected chi connectivity index (χ1v) is 11.2. The molecule has 178 valence electrons. The Balaban J connectivity index is 1.72. The van der Waals surface area contributed by atoms with Gasteiger partial charge in [-0.3, -0.25) is 4.79 Å². The van der Waals surface area contributed by atoms with Gasteiger partial charge in [0.05, 0.1) is 7.11 Å². The number of aryl methyl sites for hydroxylation is 1. The van der Waals surface area contributed by atoms with E-state index in [1.165, 1.54) is 38.4 Å². The van der Waals surface area contributed by atoms with E-state index in [1.54, 1.807) is 6.07 Å². The number of hydrogen-bond donors (Lipinski definition) is 2. The molecule has 1 amide bonds. The molecular formula is C25H31FN2O5. The van der Waals surface area contributed by atoms with Crippen LogP contribution in [0.4, 0.5) is 4.39 Å². The third-order valence-corrected chi connectivity index (χ3v) is 6.33. The van der Waals surface area contributed by atoms with Gasteiger partial charge in [-0.25, -0.2) is 14.2 Å². The molecule has 1 aromatic heterocycles. The number of nitrogens with zero attached hydrogens (tertiary/aromatic N) is 1. The van der Waals surface area contributed by atoms with Crippen LogP contribution in [-0.2, 0) is 9.53 Å². The molecule has 7 nitrogen and oxygen atoms in total. The summed E-state index contributed by atoms with van der Waals surface area (Å²) in [4.78, 5) is 29.2. The SMILES string of the molecule is COc1ccnc(C(=O)N[C@@H](C)C(=O)O[C@H](C)[C@H](c2ccc(F)cc2C)C2CCCC2)c1O. The third-order valence-electron chi connectivity index (χ3n) is 6.33. The number of methoxy groups -OCH3 is 1. The fourth-order valence-electron chi connectivity index (χ4n) is 4.67. The fourth-order valence-corrected chi connectivity index (χ4v) is 4.67. The van der Waals surface area contributed by atoms with Crippen LogP contribution in [0.15, 0.2) is 30.5 Å². The Hall–Kier alpha value is -3.16. The molecule has 0 aliphatic heterocycles. The minimum absolute atomic E-state index is 0.0657. The van der Waals surface area contributed by atoms with Crippen LogP contribution in [0, 0.1) is 18.7 Å². The van der Waals surface area contributed by atoms with Gasteiger partial charge in [0.1, 0.15) is 18.0 Å². The van der Waals surface area contributed by atoms with Gasteiger partial charge in [-0.2, -0.15) is 0 Å². The van der Waals surface area contributed by atoms with E-state index in [2.05, 4.69) is 10.3 Å². The second kappa shape index (κ2) is 10.6. The number of hydrogen-bond acceptors (Lipinski definition) is 6. The van der Waals surface area contributed by atoms with E-state index in [0.29, 0.717) is 5.92 Å². The molecule has 0 bridgehead atoms. The van der Waals surface area contributed by atoms with E-state index in [-0.39, 0.29) is 23.2 Å². The summed E-state index contributed by atoms with van der Waals surface area (Å²) in [6.07, 6.45) is 5.15. The predicted octanol–water partition coefficient (Wildman–Crippen LogP) is 4.27. The van der Waals surface area contributed by atoms with Crippen molar-refractivity contribution in [2.75, 3.05) is 7.11 Å². The van der Waals surface area contributed by atoms with Crippen LogP contribution in [0.25, 0.3) is 0 Å². The van der Waals surface area contributed by atoms with Gasteiger partial charge in [-0.05, 0) is 62.8 Å². The van der Waals surface area contributed by atoms with Crippen molar-refractivity contribution in [3.8, 4) is 11.5 Å². The lowest BCUT2D eigenvalue weighted by Crippen LogP contribution is -2.42. The van der Waals surface area contributed by atoms with Crippen LogP contribution < -0.4 is 10.1 Å². The Morgan fingerprint density at radius 3 is 2.55 bits per heavy atom. The highest BCUT2D eigenvalue weighted by Crippen LogP contribution is 2.41. The number of carbonyl (C=O) groups excluding carboxylic acids is 2. The van der Waals surface area contributed by atoms with E-state index in [0.717, 1.165) is 36.8 Å². The van der Waals surface area contributed by atoms with Gasteiger partial charge < -0.3 is 19.9 Å². The molecule has 3 atom stereocenters. The normalized spacial score (nSPS) is 16.6. The fraction of sp³-hybridized carbons (Fsp3) is 0.480. The van der Waals surface area contributed by atoms with Crippen LogP contribution in [0.3, 0.4) is 0 Å². The van der Waals surface area contributed by atoms with Gasteiger partial charge >= 0.3 is 5.97 Å². The number of nitrogens with one attached hydrogen (secondary N) is 1. The van der Waals surface area contributed by atoms with E-state index >= 15 is 0 Å². The van der Waals surface area contributed by atoms with Gasteiger partial charge in [0.25, 0.3) is 5.91 Å². The van der Waals surface area contributed by atoms with Crippen LogP contribution in [0.2, 0.25) is 0 Å². The van der Waals surface area contributed by atoms with Crippen LogP contribution in [-0.4, -0.2) is 41.2 Å². The Bertz CT molecular complexity index is 1010. The lowest BCUT2D eigenvalue weighted by molar-refractivity contribution is -0.151. The number of carbonyl (C=O) groups is 2. The molecule has 1 saturated carbocycles. The highest BCUT2D eigenvalue weighted by molar-refractivity contribution is 5.97. The summed E-state index contributed by atoms with van der Waals surface area (Å²) in [5, 5.41) is 12.6. The zero-order valence-corrected chi connectivity index (χ0v) is 19.4. The van der Waals surface area contributed by atoms with Gasteiger partial charge in [0, 0.05) is 18.2 Å². The Kier molecular flexibility index (Phi) is 7.89. The Labute approximate surface area is 193 Å². The number of ether oxygens (including phenoxy) is 2. The topological polar surface area (TPSA) is 97.8 Å². The van der Waals surface area contributed by atoms with Crippen molar-refractivity contribution in [3.05, 3.63) is 53.1 Å². The summed E-state index contributed by atoms with van der Waals surface area (Å²) in [6, 6.07) is 5.18. The number of rotatable bonds is 8. The maximum Gasteiger partial charge on any atom is 0.328 e. The molecule has 33 heavy (non-hydrogen) atoms. The molecule has 0 saturated heterocycles. The van der Waals surface area contributed by atoms with Crippen LogP contribution >= 0.6 is 0 Å². The monoisotopic (exact) mass is 458 g/mol. The van der Waals surface area contributed by atoms with Crippen molar-refractivity contribution in [3.63, 3.8) is 0 Å². The molecule has 2 aromatic rings. The van der Waals surface area contributed by atoms with Gasteiger partial charge in [-0.1, -0.05) is 18.9 Å². The van der Waals surface area contributed by atoms with E-state index < -0.39 is 29.8 Å². The van der Waals surface area contributed by atoms with Gasteiger partial charge in [-0.15, -0.1) is 0 Å². The Morgan fingerprint density at radius 2 is 1.91 bits per heavy atom. The summed E-state index contributed by atoms with van der Waals surface area (Å²) in [6.45, 7) is 5.22. The predicted molar refractivity (Wildman–Crippen MR) is 121 cm³/mol. The largest absolute Gasteiger partial charge is 0.503 e. The summed E-state index contributed by atoms with van der Waals surface area (Å²) in [5.74, 6) is -1.64. The summed E-state index contributed by atoms with van der Waals surface area (Å²) < 4.78 is 24.5. The summed E-state index contributed by atoms with van der Waals surface area (Å²) in [7, 11) is 1.36. The van der Waals surface area contributed by atoms with Gasteiger partial charge in [0.15, 0.2) is 17.2 Å². The summed E-state index contributed by atoms with van der Waals surface area (Å²) in [5.41, 5.74) is 1.56. The zero-order chi connectivity index (χ0) is 24.1. The number of aromatic hydroxyl groups is 1.